The summed E-state index contributed by atoms with van der Waals surface area (Å²) in [6.45, 7) is 6.20. The maximum absolute atomic E-state index is 4.14. The molecule has 2 heteroatoms. The summed E-state index contributed by atoms with van der Waals surface area (Å²) in [4.78, 5) is 0. The Bertz CT molecular complexity index is 271. The lowest BCUT2D eigenvalue weighted by Crippen LogP contribution is -2.15. The molecule has 0 amide bonds. The Kier molecular flexibility index (Phi) is 4.33. The zero-order chi connectivity index (χ0) is 9.68. The number of nitrogens with one attached hydrogen (secondary N) is 1. The first kappa shape index (κ1) is 10.6. The fourth-order valence-corrected chi connectivity index (χ4v) is 1.38. The van der Waals surface area contributed by atoms with E-state index in [1.54, 1.807) is 0 Å². The predicted molar refractivity (Wildman–Crippen MR) is 61.5 cm³/mol. The smallest absolute Gasteiger partial charge is 0.0205 e. The first-order valence-corrected chi connectivity index (χ1v) is 5.25. The van der Waals surface area contributed by atoms with Crippen LogP contribution in [0.15, 0.2) is 18.2 Å². The fourth-order valence-electron chi connectivity index (χ4n) is 1.23. The van der Waals surface area contributed by atoms with Crippen molar-refractivity contribution in [3.8, 4) is 0 Å². The third kappa shape index (κ3) is 3.41. The van der Waals surface area contributed by atoms with Gasteiger partial charge in [-0.15, -0.1) is 0 Å². The largest absolute Gasteiger partial charge is 0.312 e. The van der Waals surface area contributed by atoms with E-state index in [9.17, 15) is 0 Å². The highest BCUT2D eigenvalue weighted by Gasteiger charge is 1.95. The summed E-state index contributed by atoms with van der Waals surface area (Å²) < 4.78 is 0. The molecule has 0 fully saturated rings. The summed E-state index contributed by atoms with van der Waals surface area (Å²) in [7, 11) is 0. The molecule has 1 N–H and O–H groups in total. The summed E-state index contributed by atoms with van der Waals surface area (Å²) in [6, 6.07) is 6.59. The lowest BCUT2D eigenvalue weighted by molar-refractivity contribution is 0.732. The third-order valence-electron chi connectivity index (χ3n) is 2.19. The second kappa shape index (κ2) is 5.30. The Balaban J connectivity index is 2.53. The van der Waals surface area contributed by atoms with Gasteiger partial charge < -0.3 is 5.32 Å². The fraction of sp³-hybridized carbons (Fsp3) is 0.455. The molecule has 72 valence electrons. The Hall–Kier alpha value is -0.470. The topological polar surface area (TPSA) is 12.0 Å². The van der Waals surface area contributed by atoms with Crippen LogP contribution in [0.1, 0.15) is 16.7 Å². The Morgan fingerprint density at radius 1 is 1.23 bits per heavy atom. The number of aryl methyl sites for hydroxylation is 2. The van der Waals surface area contributed by atoms with Gasteiger partial charge in [0.15, 0.2) is 0 Å². The van der Waals surface area contributed by atoms with Crippen LogP contribution in [0.3, 0.4) is 0 Å². The van der Waals surface area contributed by atoms with Crippen molar-refractivity contribution in [2.75, 3.05) is 12.3 Å². The van der Waals surface area contributed by atoms with Gasteiger partial charge in [0.25, 0.3) is 0 Å². The van der Waals surface area contributed by atoms with Crippen LogP contribution >= 0.6 is 12.6 Å². The van der Waals surface area contributed by atoms with Gasteiger partial charge in [0.1, 0.15) is 0 Å². The second-order valence-corrected chi connectivity index (χ2v) is 3.77. The van der Waals surface area contributed by atoms with Crippen molar-refractivity contribution >= 4 is 12.6 Å². The number of benzene rings is 1. The molecular formula is C11H17NS. The van der Waals surface area contributed by atoms with E-state index in [4.69, 9.17) is 0 Å². The second-order valence-electron chi connectivity index (χ2n) is 3.32. The van der Waals surface area contributed by atoms with E-state index in [-0.39, 0.29) is 0 Å². The standard InChI is InChI=1S/C11H17NS/c1-9-3-4-11(7-10(9)2)8-12-5-6-13/h3-4,7,12-13H,5-6,8H2,1-2H3. The molecular weight excluding hydrogens is 178 g/mol. The van der Waals surface area contributed by atoms with E-state index in [1.165, 1.54) is 16.7 Å². The minimum atomic E-state index is 0.894. The SMILES string of the molecule is Cc1ccc(CNCCS)cc1C. The molecule has 0 unspecified atom stereocenters. The lowest BCUT2D eigenvalue weighted by Gasteiger charge is -2.05. The highest BCUT2D eigenvalue weighted by Crippen LogP contribution is 2.09. The minimum Gasteiger partial charge on any atom is -0.312 e. The maximum atomic E-state index is 4.14. The minimum absolute atomic E-state index is 0.894. The zero-order valence-corrected chi connectivity index (χ0v) is 9.20. The Labute approximate surface area is 86.0 Å². The van der Waals surface area contributed by atoms with Crippen LogP contribution < -0.4 is 5.32 Å². The van der Waals surface area contributed by atoms with Crippen LogP contribution in [-0.2, 0) is 6.54 Å². The van der Waals surface area contributed by atoms with E-state index in [1.807, 2.05) is 0 Å². The van der Waals surface area contributed by atoms with Crippen molar-refractivity contribution in [1.29, 1.82) is 0 Å². The number of hydrogen-bond acceptors (Lipinski definition) is 2. The van der Waals surface area contributed by atoms with Crippen molar-refractivity contribution in [1.82, 2.24) is 5.32 Å². The van der Waals surface area contributed by atoms with Gasteiger partial charge in [-0.05, 0) is 30.5 Å². The normalized spacial score (nSPS) is 10.4. The summed E-state index contributed by atoms with van der Waals surface area (Å²) in [5.74, 6) is 0.894. The Morgan fingerprint density at radius 3 is 2.62 bits per heavy atom. The number of hydrogen-bond donors (Lipinski definition) is 2. The van der Waals surface area contributed by atoms with Gasteiger partial charge in [-0.3, -0.25) is 0 Å². The molecule has 0 heterocycles. The monoisotopic (exact) mass is 195 g/mol. The average Bonchev–Trinajstić information content (AvgIpc) is 2.12. The summed E-state index contributed by atoms with van der Waals surface area (Å²) >= 11 is 4.14. The van der Waals surface area contributed by atoms with E-state index >= 15 is 0 Å². The van der Waals surface area contributed by atoms with E-state index in [0.717, 1.165) is 18.8 Å². The molecule has 0 aromatic heterocycles. The number of rotatable bonds is 4. The molecule has 0 bridgehead atoms. The van der Waals surface area contributed by atoms with Crippen LogP contribution in [0.25, 0.3) is 0 Å². The third-order valence-corrected chi connectivity index (χ3v) is 2.41. The maximum Gasteiger partial charge on any atom is 0.0205 e. The van der Waals surface area contributed by atoms with E-state index in [0.29, 0.717) is 0 Å². The molecule has 1 nitrogen and oxygen atoms in total. The van der Waals surface area contributed by atoms with Crippen LogP contribution in [0.2, 0.25) is 0 Å². The molecule has 0 aliphatic carbocycles. The molecule has 0 saturated carbocycles. The molecule has 0 radical (unpaired) electrons. The molecule has 0 atom stereocenters. The van der Waals surface area contributed by atoms with Gasteiger partial charge >= 0.3 is 0 Å². The molecule has 0 aliphatic rings. The highest BCUT2D eigenvalue weighted by atomic mass is 32.1. The molecule has 0 saturated heterocycles. The molecule has 1 rings (SSSR count). The lowest BCUT2D eigenvalue weighted by atomic mass is 10.1. The predicted octanol–water partition coefficient (Wildman–Crippen LogP) is 2.32. The zero-order valence-electron chi connectivity index (χ0n) is 8.30. The number of thiol groups is 1. The van der Waals surface area contributed by atoms with Gasteiger partial charge in [0.2, 0.25) is 0 Å². The average molecular weight is 195 g/mol. The Morgan fingerprint density at radius 2 is 2.00 bits per heavy atom. The van der Waals surface area contributed by atoms with Crippen molar-refractivity contribution < 1.29 is 0 Å². The van der Waals surface area contributed by atoms with Gasteiger partial charge in [-0.25, -0.2) is 0 Å². The summed E-state index contributed by atoms with van der Waals surface area (Å²) in [6.07, 6.45) is 0. The highest BCUT2D eigenvalue weighted by molar-refractivity contribution is 7.80. The molecule has 1 aromatic carbocycles. The van der Waals surface area contributed by atoms with Gasteiger partial charge in [-0.1, -0.05) is 18.2 Å². The first-order valence-electron chi connectivity index (χ1n) is 4.61. The van der Waals surface area contributed by atoms with Crippen molar-refractivity contribution in [3.63, 3.8) is 0 Å². The van der Waals surface area contributed by atoms with Crippen molar-refractivity contribution in [3.05, 3.63) is 34.9 Å². The van der Waals surface area contributed by atoms with Crippen molar-refractivity contribution in [2.24, 2.45) is 0 Å². The van der Waals surface area contributed by atoms with E-state index < -0.39 is 0 Å². The quantitative estimate of drug-likeness (QED) is 0.555. The molecule has 0 spiro atoms. The molecule has 13 heavy (non-hydrogen) atoms. The summed E-state index contributed by atoms with van der Waals surface area (Å²) in [5, 5.41) is 3.32. The van der Waals surface area contributed by atoms with Gasteiger partial charge in [-0.2, -0.15) is 12.6 Å². The molecule has 0 aliphatic heterocycles. The van der Waals surface area contributed by atoms with E-state index in [2.05, 4.69) is 50.0 Å². The van der Waals surface area contributed by atoms with Gasteiger partial charge in [0, 0.05) is 18.8 Å². The van der Waals surface area contributed by atoms with Crippen LogP contribution in [-0.4, -0.2) is 12.3 Å². The molecule has 1 aromatic rings. The van der Waals surface area contributed by atoms with Crippen LogP contribution in [0, 0.1) is 13.8 Å². The van der Waals surface area contributed by atoms with Crippen LogP contribution in [0.4, 0.5) is 0 Å². The van der Waals surface area contributed by atoms with Crippen molar-refractivity contribution in [2.45, 2.75) is 20.4 Å². The van der Waals surface area contributed by atoms with Gasteiger partial charge in [0.05, 0.1) is 0 Å². The summed E-state index contributed by atoms with van der Waals surface area (Å²) in [5.41, 5.74) is 4.08. The van der Waals surface area contributed by atoms with Crippen LogP contribution in [0.5, 0.6) is 0 Å². The first-order chi connectivity index (χ1) is 6.24.